The van der Waals surface area contributed by atoms with Crippen LogP contribution in [0.15, 0.2) is 102 Å². The molecule has 1 unspecified atom stereocenters. The van der Waals surface area contributed by atoms with Crippen LogP contribution in [0.2, 0.25) is 0 Å². The van der Waals surface area contributed by atoms with Gasteiger partial charge in [0.15, 0.2) is 5.13 Å². The number of hydrogen-bond acceptors (Lipinski definition) is 7. The topological polar surface area (TPSA) is 146 Å². The van der Waals surface area contributed by atoms with Crippen LogP contribution in [-0.4, -0.2) is 39.0 Å². The maximum absolute atomic E-state index is 13.6. The second-order valence-corrected chi connectivity index (χ2v) is 12.4. The van der Waals surface area contributed by atoms with E-state index in [9.17, 15) is 24.3 Å². The fourth-order valence-electron chi connectivity index (χ4n) is 4.50. The summed E-state index contributed by atoms with van der Waals surface area (Å²) in [4.78, 5) is 55.9. The zero-order chi connectivity index (χ0) is 32.1. The molecule has 5 aromatic rings. The first-order valence-corrected chi connectivity index (χ1v) is 15.4. The number of nitrogens with zero attached hydrogens (tertiary/aromatic N) is 1. The molecule has 0 spiro atoms. The van der Waals surface area contributed by atoms with Crippen molar-refractivity contribution in [3.05, 3.63) is 130 Å². The number of carbonyl (C=O) groups excluding carboxylic acids is 2. The van der Waals surface area contributed by atoms with Crippen molar-refractivity contribution in [1.82, 2.24) is 4.98 Å². The Balaban J connectivity index is 1.32. The van der Waals surface area contributed by atoms with Crippen LogP contribution in [0.5, 0.6) is 0 Å². The van der Waals surface area contributed by atoms with Gasteiger partial charge in [-0.2, -0.15) is 0 Å². The maximum atomic E-state index is 13.6. The number of benzene rings is 4. The molecule has 45 heavy (non-hydrogen) atoms. The molecule has 4 N–H and O–H groups in total. The van der Waals surface area contributed by atoms with Gasteiger partial charge in [-0.1, -0.05) is 60.2 Å². The van der Waals surface area contributed by atoms with Crippen LogP contribution in [0.3, 0.4) is 0 Å². The number of carboxylic acids is 2. The first-order chi connectivity index (χ1) is 21.6. The Morgan fingerprint density at radius 3 is 2.11 bits per heavy atom. The molecule has 0 saturated heterocycles. The summed E-state index contributed by atoms with van der Waals surface area (Å²) in [6, 6.07) is 27.5. The molecular weight excluding hydrogens is 611 g/mol. The SMILES string of the molecule is Cc1ccc(-c2nc(NC(=O)C(Sc3ccc(NC(=O)c4ccc(C(=O)O)cc4C(=O)O)cc3)c3ccccc3)sc2C)cc1. The molecule has 1 aromatic heterocycles. The number of thiazole rings is 1. The second kappa shape index (κ2) is 13.6. The molecule has 0 radical (unpaired) electrons. The normalized spacial score (nSPS) is 11.4. The summed E-state index contributed by atoms with van der Waals surface area (Å²) in [6.45, 7) is 4.00. The molecule has 0 bridgehead atoms. The van der Waals surface area contributed by atoms with E-state index in [2.05, 4.69) is 10.6 Å². The van der Waals surface area contributed by atoms with Gasteiger partial charge in [-0.15, -0.1) is 23.1 Å². The molecule has 4 aromatic carbocycles. The van der Waals surface area contributed by atoms with E-state index in [0.29, 0.717) is 10.8 Å². The number of carbonyl (C=O) groups is 4. The summed E-state index contributed by atoms with van der Waals surface area (Å²) in [5, 5.41) is 24.2. The molecule has 226 valence electrons. The number of hydrogen-bond donors (Lipinski definition) is 4. The first kappa shape index (κ1) is 31.2. The van der Waals surface area contributed by atoms with E-state index in [1.165, 1.54) is 35.2 Å². The van der Waals surface area contributed by atoms with E-state index in [1.54, 1.807) is 24.3 Å². The number of anilines is 2. The minimum atomic E-state index is -1.42. The van der Waals surface area contributed by atoms with E-state index < -0.39 is 28.7 Å². The van der Waals surface area contributed by atoms with Crippen molar-refractivity contribution in [2.75, 3.05) is 10.6 Å². The second-order valence-electron chi connectivity index (χ2n) is 10.0. The van der Waals surface area contributed by atoms with Crippen molar-refractivity contribution in [3.63, 3.8) is 0 Å². The van der Waals surface area contributed by atoms with Gasteiger partial charge in [0.2, 0.25) is 5.91 Å². The molecule has 2 amide bonds. The number of aromatic carboxylic acids is 2. The smallest absolute Gasteiger partial charge is 0.336 e. The molecule has 1 atom stereocenters. The summed E-state index contributed by atoms with van der Waals surface area (Å²) in [7, 11) is 0. The largest absolute Gasteiger partial charge is 0.478 e. The molecule has 1 heterocycles. The predicted molar refractivity (Wildman–Crippen MR) is 175 cm³/mol. The van der Waals surface area contributed by atoms with Crippen LogP contribution in [0.4, 0.5) is 10.8 Å². The number of amides is 2. The molecule has 11 heteroatoms. The van der Waals surface area contributed by atoms with Gasteiger partial charge in [-0.3, -0.25) is 9.59 Å². The standard InChI is InChI=1S/C34H27N3O6S2/c1-19-8-10-21(11-9-19)28-20(2)44-34(36-28)37-31(39)29(22-6-4-3-5-7-22)45-25-15-13-24(14-16-25)35-30(38)26-17-12-23(32(40)41)18-27(26)33(42)43/h3-18,29H,1-2H3,(H,35,38)(H,40,41)(H,42,43)(H,36,37,39). The highest BCUT2D eigenvalue weighted by Crippen LogP contribution is 2.38. The highest BCUT2D eigenvalue weighted by atomic mass is 32.2. The van der Waals surface area contributed by atoms with Gasteiger partial charge >= 0.3 is 11.9 Å². The Hall–Kier alpha value is -5.26. The van der Waals surface area contributed by atoms with Crippen LogP contribution in [-0.2, 0) is 4.79 Å². The summed E-state index contributed by atoms with van der Waals surface area (Å²) in [6.07, 6.45) is 0. The summed E-state index contributed by atoms with van der Waals surface area (Å²) >= 11 is 2.74. The Labute approximate surface area is 267 Å². The molecule has 5 rings (SSSR count). The van der Waals surface area contributed by atoms with Crippen molar-refractivity contribution >= 4 is 57.7 Å². The number of aryl methyl sites for hydroxylation is 2. The van der Waals surface area contributed by atoms with Gasteiger partial charge < -0.3 is 20.8 Å². The van der Waals surface area contributed by atoms with Crippen LogP contribution in [0, 0.1) is 13.8 Å². The highest BCUT2D eigenvalue weighted by molar-refractivity contribution is 8.00. The molecule has 0 saturated carbocycles. The Kier molecular flexibility index (Phi) is 9.41. The number of thioether (sulfide) groups is 1. The lowest BCUT2D eigenvalue weighted by Gasteiger charge is -2.16. The van der Waals surface area contributed by atoms with Crippen LogP contribution in [0.1, 0.15) is 52.3 Å². The minimum Gasteiger partial charge on any atom is -0.478 e. The number of aromatic nitrogens is 1. The van der Waals surface area contributed by atoms with E-state index in [-0.39, 0.29) is 17.0 Å². The van der Waals surface area contributed by atoms with Gasteiger partial charge in [0.05, 0.1) is 22.4 Å². The van der Waals surface area contributed by atoms with E-state index in [1.807, 2.05) is 68.4 Å². The van der Waals surface area contributed by atoms with Gasteiger partial charge in [-0.05, 0) is 61.9 Å². The van der Waals surface area contributed by atoms with E-state index in [0.717, 1.165) is 38.2 Å². The lowest BCUT2D eigenvalue weighted by Crippen LogP contribution is -2.19. The van der Waals surface area contributed by atoms with E-state index >= 15 is 0 Å². The first-order valence-electron chi connectivity index (χ1n) is 13.7. The number of rotatable bonds is 10. The molecule has 0 fully saturated rings. The minimum absolute atomic E-state index is 0.172. The summed E-state index contributed by atoms with van der Waals surface area (Å²) in [5.41, 5.74) is 3.32. The monoisotopic (exact) mass is 637 g/mol. The van der Waals surface area contributed by atoms with Crippen molar-refractivity contribution in [1.29, 1.82) is 0 Å². The Bertz CT molecular complexity index is 1890. The van der Waals surface area contributed by atoms with Gasteiger partial charge in [0, 0.05) is 21.0 Å². The number of nitrogens with one attached hydrogen (secondary N) is 2. The summed E-state index contributed by atoms with van der Waals surface area (Å²) < 4.78 is 0. The zero-order valence-corrected chi connectivity index (χ0v) is 25.7. The third-order valence-corrected chi connectivity index (χ3v) is 8.95. The molecule has 0 aliphatic heterocycles. The maximum Gasteiger partial charge on any atom is 0.336 e. The van der Waals surface area contributed by atoms with E-state index in [4.69, 9.17) is 10.1 Å². The quantitative estimate of drug-likeness (QED) is 0.115. The average molecular weight is 638 g/mol. The Morgan fingerprint density at radius 1 is 0.778 bits per heavy atom. The van der Waals surface area contributed by atoms with Gasteiger partial charge in [-0.25, -0.2) is 14.6 Å². The molecular formula is C34H27N3O6S2. The van der Waals surface area contributed by atoms with Gasteiger partial charge in [0.1, 0.15) is 5.25 Å². The predicted octanol–water partition coefficient (Wildman–Crippen LogP) is 7.55. The lowest BCUT2D eigenvalue weighted by atomic mass is 10.0. The molecule has 9 nitrogen and oxygen atoms in total. The molecule has 0 aliphatic rings. The molecule has 0 aliphatic carbocycles. The van der Waals surface area contributed by atoms with Crippen molar-refractivity contribution in [2.45, 2.75) is 24.0 Å². The average Bonchev–Trinajstić information content (AvgIpc) is 3.40. The zero-order valence-electron chi connectivity index (χ0n) is 24.1. The Morgan fingerprint density at radius 2 is 1.47 bits per heavy atom. The third-order valence-electron chi connectivity index (χ3n) is 6.80. The van der Waals surface area contributed by atoms with Crippen molar-refractivity contribution in [3.8, 4) is 11.3 Å². The van der Waals surface area contributed by atoms with Crippen molar-refractivity contribution < 1.29 is 29.4 Å². The van der Waals surface area contributed by atoms with Gasteiger partial charge in [0.25, 0.3) is 5.91 Å². The lowest BCUT2D eigenvalue weighted by molar-refractivity contribution is -0.115. The van der Waals surface area contributed by atoms with Crippen LogP contribution < -0.4 is 10.6 Å². The summed E-state index contributed by atoms with van der Waals surface area (Å²) in [5.74, 6) is -3.65. The van der Waals surface area contributed by atoms with Crippen molar-refractivity contribution in [2.24, 2.45) is 0 Å². The van der Waals surface area contributed by atoms with Crippen LogP contribution in [0.25, 0.3) is 11.3 Å². The highest BCUT2D eigenvalue weighted by Gasteiger charge is 2.24. The third kappa shape index (κ3) is 7.46. The van der Waals surface area contributed by atoms with Crippen LogP contribution >= 0.6 is 23.1 Å². The fourth-order valence-corrected chi connectivity index (χ4v) is 6.37. The fraction of sp³-hybridized carbons (Fsp3) is 0.0882. The number of carboxylic acid groups (broad SMARTS) is 2.